The Hall–Kier alpha value is -1.63. The second kappa shape index (κ2) is 7.58. The molecule has 1 N–H and O–H groups in total. The van der Waals surface area contributed by atoms with Crippen molar-refractivity contribution in [2.75, 3.05) is 46.1 Å². The molecule has 22 heavy (non-hydrogen) atoms. The van der Waals surface area contributed by atoms with Gasteiger partial charge in [0.15, 0.2) is 0 Å². The molecule has 2 aliphatic heterocycles. The predicted octanol–water partition coefficient (Wildman–Crippen LogP) is 1.18. The van der Waals surface area contributed by atoms with Crippen LogP contribution in [-0.2, 0) is 14.2 Å². The predicted molar refractivity (Wildman–Crippen MR) is 80.7 cm³/mol. The van der Waals surface area contributed by atoms with Crippen LogP contribution in [-0.4, -0.2) is 63.1 Å². The quantitative estimate of drug-likeness (QED) is 0.911. The summed E-state index contributed by atoms with van der Waals surface area (Å²) in [6.07, 6.45) is -0.112. The van der Waals surface area contributed by atoms with Gasteiger partial charge in [-0.1, -0.05) is 30.3 Å². The first-order valence-corrected chi connectivity index (χ1v) is 7.71. The van der Waals surface area contributed by atoms with Gasteiger partial charge in [-0.25, -0.2) is 4.79 Å². The lowest BCUT2D eigenvalue weighted by molar-refractivity contribution is -0.0859. The number of nitrogens with zero attached hydrogens (tertiary/aromatic N) is 1. The van der Waals surface area contributed by atoms with E-state index in [0.29, 0.717) is 46.1 Å². The molecule has 2 aliphatic rings. The average Bonchev–Trinajstić information content (AvgIpc) is 2.61. The highest BCUT2D eigenvalue weighted by molar-refractivity contribution is 5.74. The van der Waals surface area contributed by atoms with Crippen LogP contribution in [0.1, 0.15) is 11.7 Å². The molecular formula is C16H22N2O4. The number of benzene rings is 1. The molecule has 1 aromatic carbocycles. The molecule has 3 rings (SSSR count). The number of nitrogens with one attached hydrogen (secondary N) is 1. The lowest BCUT2D eigenvalue weighted by Crippen LogP contribution is -2.49. The Morgan fingerprint density at radius 2 is 2.05 bits per heavy atom. The summed E-state index contributed by atoms with van der Waals surface area (Å²) in [6.45, 7) is 3.97. The first-order chi connectivity index (χ1) is 10.8. The second-order valence-electron chi connectivity index (χ2n) is 5.47. The van der Waals surface area contributed by atoms with Gasteiger partial charge in [0.05, 0.1) is 39.1 Å². The second-order valence-corrected chi connectivity index (χ2v) is 5.47. The number of carbonyl (C=O) groups excluding carboxylic acids is 1. The largest absolute Gasteiger partial charge is 0.376 e. The molecule has 0 aromatic heterocycles. The van der Waals surface area contributed by atoms with E-state index in [9.17, 15) is 4.79 Å². The van der Waals surface area contributed by atoms with Crippen molar-refractivity contribution in [3.63, 3.8) is 0 Å². The Labute approximate surface area is 130 Å². The molecule has 2 atom stereocenters. The van der Waals surface area contributed by atoms with Gasteiger partial charge in [-0.2, -0.15) is 0 Å². The molecule has 120 valence electrons. The van der Waals surface area contributed by atoms with Crippen molar-refractivity contribution in [2.24, 2.45) is 0 Å². The summed E-state index contributed by atoms with van der Waals surface area (Å²) in [4.78, 5) is 14.1. The number of urea groups is 1. The Morgan fingerprint density at radius 3 is 2.82 bits per heavy atom. The minimum absolute atomic E-state index is 0.0522. The van der Waals surface area contributed by atoms with Crippen LogP contribution in [0.25, 0.3) is 0 Å². The lowest BCUT2D eigenvalue weighted by atomic mass is 10.1. The molecule has 0 aliphatic carbocycles. The SMILES string of the molecule is O=C(NC[C@H]1COCCO1)N1CCO[C@@H](c2ccccc2)C1. The fraction of sp³-hybridized carbons (Fsp3) is 0.562. The molecule has 2 fully saturated rings. The molecule has 2 saturated heterocycles. The standard InChI is InChI=1S/C16H22N2O4/c19-16(17-10-14-12-20-8-9-21-14)18-6-7-22-15(11-18)13-4-2-1-3-5-13/h1-5,14-15H,6-12H2,(H,17,19)/t14-,15+/m0/s1. The van der Waals surface area contributed by atoms with Crippen molar-refractivity contribution in [3.8, 4) is 0 Å². The van der Waals surface area contributed by atoms with Crippen LogP contribution >= 0.6 is 0 Å². The van der Waals surface area contributed by atoms with E-state index < -0.39 is 0 Å². The van der Waals surface area contributed by atoms with E-state index in [1.807, 2.05) is 30.3 Å². The van der Waals surface area contributed by atoms with E-state index >= 15 is 0 Å². The van der Waals surface area contributed by atoms with Crippen LogP contribution in [0.4, 0.5) is 4.79 Å². The third-order valence-electron chi connectivity index (χ3n) is 3.89. The minimum Gasteiger partial charge on any atom is -0.376 e. The van der Waals surface area contributed by atoms with Crippen LogP contribution < -0.4 is 5.32 Å². The zero-order valence-corrected chi connectivity index (χ0v) is 12.6. The maximum atomic E-state index is 12.3. The molecule has 2 amide bonds. The zero-order chi connectivity index (χ0) is 15.2. The molecule has 6 heteroatoms. The van der Waals surface area contributed by atoms with Gasteiger partial charge in [-0.05, 0) is 5.56 Å². The topological polar surface area (TPSA) is 60.0 Å². The number of hydrogen-bond acceptors (Lipinski definition) is 4. The van der Waals surface area contributed by atoms with E-state index in [1.165, 1.54) is 0 Å². The van der Waals surface area contributed by atoms with Crippen LogP contribution in [0.2, 0.25) is 0 Å². The van der Waals surface area contributed by atoms with Crippen LogP contribution in [0.5, 0.6) is 0 Å². The minimum atomic E-state index is -0.0709. The first-order valence-electron chi connectivity index (χ1n) is 7.71. The highest BCUT2D eigenvalue weighted by Crippen LogP contribution is 2.21. The van der Waals surface area contributed by atoms with Crippen molar-refractivity contribution < 1.29 is 19.0 Å². The van der Waals surface area contributed by atoms with E-state index in [0.717, 1.165) is 5.56 Å². The number of ether oxygens (including phenoxy) is 3. The summed E-state index contributed by atoms with van der Waals surface area (Å²) in [5.41, 5.74) is 1.10. The number of morpholine rings is 1. The van der Waals surface area contributed by atoms with Gasteiger partial charge < -0.3 is 24.4 Å². The fourth-order valence-corrected chi connectivity index (χ4v) is 2.67. The highest BCUT2D eigenvalue weighted by Gasteiger charge is 2.26. The summed E-state index contributed by atoms with van der Waals surface area (Å²) in [5, 5.41) is 2.92. The summed E-state index contributed by atoms with van der Waals surface area (Å²) in [6, 6.07) is 9.93. The van der Waals surface area contributed by atoms with Crippen molar-refractivity contribution in [1.82, 2.24) is 10.2 Å². The Balaban J connectivity index is 1.49. The Kier molecular flexibility index (Phi) is 5.26. The highest BCUT2D eigenvalue weighted by atomic mass is 16.6. The summed E-state index contributed by atoms with van der Waals surface area (Å²) >= 11 is 0. The molecule has 0 spiro atoms. The smallest absolute Gasteiger partial charge is 0.317 e. The van der Waals surface area contributed by atoms with Crippen molar-refractivity contribution >= 4 is 6.03 Å². The van der Waals surface area contributed by atoms with E-state index in [4.69, 9.17) is 14.2 Å². The Bertz CT molecular complexity index is 476. The number of amides is 2. The van der Waals surface area contributed by atoms with Crippen LogP contribution in [0, 0.1) is 0 Å². The molecule has 0 bridgehead atoms. The van der Waals surface area contributed by atoms with Crippen molar-refractivity contribution in [1.29, 1.82) is 0 Å². The monoisotopic (exact) mass is 306 g/mol. The molecule has 6 nitrogen and oxygen atoms in total. The third kappa shape index (κ3) is 3.97. The average molecular weight is 306 g/mol. The zero-order valence-electron chi connectivity index (χ0n) is 12.6. The van der Waals surface area contributed by atoms with Gasteiger partial charge in [-0.15, -0.1) is 0 Å². The molecule has 2 heterocycles. The van der Waals surface area contributed by atoms with Crippen LogP contribution in [0.15, 0.2) is 30.3 Å². The van der Waals surface area contributed by atoms with E-state index in [2.05, 4.69) is 5.32 Å². The maximum Gasteiger partial charge on any atom is 0.317 e. The van der Waals surface area contributed by atoms with Crippen LogP contribution in [0.3, 0.4) is 0 Å². The number of hydrogen-bond donors (Lipinski definition) is 1. The van der Waals surface area contributed by atoms with Crippen molar-refractivity contribution in [3.05, 3.63) is 35.9 Å². The van der Waals surface area contributed by atoms with Gasteiger partial charge in [0.2, 0.25) is 0 Å². The van der Waals surface area contributed by atoms with Gasteiger partial charge >= 0.3 is 6.03 Å². The number of carbonyl (C=O) groups is 1. The summed E-state index contributed by atoms with van der Waals surface area (Å²) in [7, 11) is 0. The van der Waals surface area contributed by atoms with E-state index in [-0.39, 0.29) is 18.2 Å². The summed E-state index contributed by atoms with van der Waals surface area (Å²) in [5.74, 6) is 0. The third-order valence-corrected chi connectivity index (χ3v) is 3.89. The van der Waals surface area contributed by atoms with Gasteiger partial charge in [0.1, 0.15) is 6.10 Å². The van der Waals surface area contributed by atoms with E-state index in [1.54, 1.807) is 4.90 Å². The first kappa shape index (κ1) is 15.3. The molecule has 0 radical (unpaired) electrons. The molecule has 1 aromatic rings. The lowest BCUT2D eigenvalue weighted by Gasteiger charge is -2.33. The van der Waals surface area contributed by atoms with Gasteiger partial charge in [0, 0.05) is 13.1 Å². The normalized spacial score (nSPS) is 25.7. The molecular weight excluding hydrogens is 284 g/mol. The summed E-state index contributed by atoms with van der Waals surface area (Å²) < 4.78 is 16.6. The maximum absolute atomic E-state index is 12.3. The number of rotatable bonds is 3. The Morgan fingerprint density at radius 1 is 1.18 bits per heavy atom. The van der Waals surface area contributed by atoms with Gasteiger partial charge in [0.25, 0.3) is 0 Å². The molecule has 0 unspecified atom stereocenters. The van der Waals surface area contributed by atoms with Gasteiger partial charge in [-0.3, -0.25) is 0 Å². The molecule has 0 saturated carbocycles. The fourth-order valence-electron chi connectivity index (χ4n) is 2.67. The van der Waals surface area contributed by atoms with Crippen molar-refractivity contribution in [2.45, 2.75) is 12.2 Å².